The number of hydrogen-bond donors (Lipinski definition) is 1. The van der Waals surface area contributed by atoms with Crippen molar-refractivity contribution in [3.63, 3.8) is 0 Å². The molecule has 0 fully saturated rings. The molecule has 0 aliphatic heterocycles. The fourth-order valence-corrected chi connectivity index (χ4v) is 0. The molecule has 0 atom stereocenters. The standard InChI is InChI=1S/C2H3BrO.CHNO/c1-2(3)4;2-1-3/h1H3;2H. The number of isocyanates is 1. The Bertz CT molecular complexity index is 80.9. The minimum Gasteiger partial charge on any atom is -0.287 e. The molecule has 0 bridgehead atoms. The summed E-state index contributed by atoms with van der Waals surface area (Å²) in [5.41, 5.74) is 0. The zero-order chi connectivity index (χ0) is 6.28. The number of rotatable bonds is 0. The molecule has 3 nitrogen and oxygen atoms in total. The Morgan fingerprint density at radius 3 is 1.86 bits per heavy atom. The van der Waals surface area contributed by atoms with E-state index in [1.807, 2.05) is 0 Å². The van der Waals surface area contributed by atoms with Crippen molar-refractivity contribution < 1.29 is 9.59 Å². The SMILES string of the molecule is CC(=O)Br.N=C=O. The number of hydrogen-bond acceptors (Lipinski definition) is 3. The summed E-state index contributed by atoms with van der Waals surface area (Å²) in [7, 11) is 0. The highest BCUT2D eigenvalue weighted by molar-refractivity contribution is 9.18. The lowest BCUT2D eigenvalue weighted by Gasteiger charge is -1.52. The Kier molecular flexibility index (Phi) is 12.7. The Morgan fingerprint density at radius 2 is 1.86 bits per heavy atom. The van der Waals surface area contributed by atoms with Gasteiger partial charge in [0.05, 0.1) is 0 Å². The van der Waals surface area contributed by atoms with Gasteiger partial charge >= 0.3 is 0 Å². The van der Waals surface area contributed by atoms with Gasteiger partial charge in [0.15, 0.2) is 4.69 Å². The van der Waals surface area contributed by atoms with E-state index in [1.165, 1.54) is 6.92 Å². The largest absolute Gasteiger partial charge is 0.287 e. The van der Waals surface area contributed by atoms with E-state index in [0.29, 0.717) is 0 Å². The lowest BCUT2D eigenvalue weighted by atomic mass is 11.0. The Balaban J connectivity index is 0. The smallest absolute Gasteiger partial charge is 0.231 e. The number of carbonyl (C=O) groups excluding carboxylic acids is 2. The molecule has 0 amide bonds. The van der Waals surface area contributed by atoms with Gasteiger partial charge < -0.3 is 0 Å². The van der Waals surface area contributed by atoms with Gasteiger partial charge in [0.25, 0.3) is 0 Å². The van der Waals surface area contributed by atoms with E-state index in [0.717, 1.165) is 6.08 Å². The van der Waals surface area contributed by atoms with Crippen LogP contribution in [0.15, 0.2) is 0 Å². The van der Waals surface area contributed by atoms with E-state index in [-0.39, 0.29) is 4.69 Å². The van der Waals surface area contributed by atoms with Crippen LogP contribution in [0.5, 0.6) is 0 Å². The third-order valence-electron chi connectivity index (χ3n) is 0. The highest BCUT2D eigenvalue weighted by atomic mass is 79.9. The van der Waals surface area contributed by atoms with Gasteiger partial charge in [-0.25, -0.2) is 10.2 Å². The lowest BCUT2D eigenvalue weighted by molar-refractivity contribution is -0.108. The summed E-state index contributed by atoms with van der Waals surface area (Å²) in [6.45, 7) is 1.44. The van der Waals surface area contributed by atoms with Crippen LogP contribution in [0.2, 0.25) is 0 Å². The molecule has 0 saturated heterocycles. The molecule has 0 saturated carbocycles. The molecule has 1 N–H and O–H groups in total. The Hall–Kier alpha value is -0.470. The van der Waals surface area contributed by atoms with Gasteiger partial charge in [-0.05, 0) is 15.9 Å². The molecule has 0 rings (SSSR count). The molecular formula is C3H4BrNO2. The highest BCUT2D eigenvalue weighted by Gasteiger charge is 1.66. The van der Waals surface area contributed by atoms with Crippen molar-refractivity contribution in [2.24, 2.45) is 0 Å². The fraction of sp³-hybridized carbons (Fsp3) is 0.333. The second-order valence-electron chi connectivity index (χ2n) is 0.572. The monoisotopic (exact) mass is 165 g/mol. The van der Waals surface area contributed by atoms with Crippen LogP contribution in [0.1, 0.15) is 6.92 Å². The van der Waals surface area contributed by atoms with Crippen molar-refractivity contribution in [3.8, 4) is 0 Å². The highest BCUT2D eigenvalue weighted by Crippen LogP contribution is 1.74. The molecule has 7 heavy (non-hydrogen) atoms. The maximum absolute atomic E-state index is 9.36. The molecule has 0 aromatic carbocycles. The molecule has 0 aliphatic carbocycles. The van der Waals surface area contributed by atoms with Gasteiger partial charge in [-0.2, -0.15) is 0 Å². The maximum Gasteiger partial charge on any atom is 0.231 e. The van der Waals surface area contributed by atoms with Crippen LogP contribution in [-0.2, 0) is 9.59 Å². The van der Waals surface area contributed by atoms with Crippen molar-refractivity contribution in [3.05, 3.63) is 0 Å². The summed E-state index contributed by atoms with van der Waals surface area (Å²) in [6, 6.07) is 0. The van der Waals surface area contributed by atoms with Crippen LogP contribution in [0.25, 0.3) is 0 Å². The second kappa shape index (κ2) is 9.11. The maximum atomic E-state index is 9.36. The van der Waals surface area contributed by atoms with Crippen molar-refractivity contribution in [1.29, 1.82) is 5.41 Å². The number of nitrogens with one attached hydrogen (secondary N) is 1. The first-order chi connectivity index (χ1) is 3.15. The van der Waals surface area contributed by atoms with Gasteiger partial charge in [-0.3, -0.25) is 4.79 Å². The third kappa shape index (κ3) is 312. The summed E-state index contributed by atoms with van der Waals surface area (Å²) in [4.78, 5) is 17.7. The molecule has 0 aromatic rings. The zero-order valence-electron chi connectivity index (χ0n) is 3.69. The predicted molar refractivity (Wildman–Crippen MR) is 28.0 cm³/mol. The van der Waals surface area contributed by atoms with Gasteiger partial charge in [0.1, 0.15) is 0 Å². The first-order valence-electron chi connectivity index (χ1n) is 1.35. The van der Waals surface area contributed by atoms with E-state index < -0.39 is 0 Å². The van der Waals surface area contributed by atoms with Gasteiger partial charge in [-0.1, -0.05) is 0 Å². The molecule has 0 aromatic heterocycles. The minimum atomic E-state index is -0.0208. The Labute approximate surface area is 49.4 Å². The van der Waals surface area contributed by atoms with E-state index in [2.05, 4.69) is 15.9 Å². The predicted octanol–water partition coefficient (Wildman–Crippen LogP) is 0.829. The van der Waals surface area contributed by atoms with E-state index >= 15 is 0 Å². The molecule has 40 valence electrons. The lowest BCUT2D eigenvalue weighted by Crippen LogP contribution is -1.60. The van der Waals surface area contributed by atoms with Crippen molar-refractivity contribution in [2.45, 2.75) is 6.92 Å². The summed E-state index contributed by atoms with van der Waals surface area (Å²) in [5, 5.41) is 5.40. The summed E-state index contributed by atoms with van der Waals surface area (Å²) >= 11 is 2.63. The minimum absolute atomic E-state index is 0.0208. The number of halogens is 1. The third-order valence-corrected chi connectivity index (χ3v) is 0. The van der Waals surface area contributed by atoms with E-state index in [9.17, 15) is 4.79 Å². The van der Waals surface area contributed by atoms with Crippen LogP contribution >= 0.6 is 15.9 Å². The van der Waals surface area contributed by atoms with E-state index in [1.54, 1.807) is 0 Å². The van der Waals surface area contributed by atoms with Crippen LogP contribution in [-0.4, -0.2) is 10.8 Å². The number of carbonyl (C=O) groups is 1. The molecule has 0 radical (unpaired) electrons. The Morgan fingerprint density at radius 1 is 1.86 bits per heavy atom. The first-order valence-corrected chi connectivity index (χ1v) is 2.14. The van der Waals surface area contributed by atoms with Gasteiger partial charge in [-0.15, -0.1) is 0 Å². The van der Waals surface area contributed by atoms with E-state index in [4.69, 9.17) is 10.2 Å². The fourth-order valence-electron chi connectivity index (χ4n) is 0. The van der Waals surface area contributed by atoms with Gasteiger partial charge in [0.2, 0.25) is 6.08 Å². The molecule has 0 heterocycles. The molecule has 0 spiro atoms. The van der Waals surface area contributed by atoms with Crippen LogP contribution in [0, 0.1) is 5.41 Å². The normalized spacial score (nSPS) is 4.86. The van der Waals surface area contributed by atoms with Crippen molar-refractivity contribution in [1.82, 2.24) is 0 Å². The molecule has 4 heteroatoms. The second-order valence-corrected chi connectivity index (χ2v) is 1.69. The van der Waals surface area contributed by atoms with Crippen LogP contribution < -0.4 is 0 Å². The van der Waals surface area contributed by atoms with Crippen molar-refractivity contribution in [2.75, 3.05) is 0 Å². The quantitative estimate of drug-likeness (QED) is 0.329. The molecule has 0 unspecified atom stereocenters. The molecular weight excluding hydrogens is 162 g/mol. The van der Waals surface area contributed by atoms with Gasteiger partial charge in [0, 0.05) is 6.92 Å². The average Bonchev–Trinajstić information content (AvgIpc) is 1.33. The van der Waals surface area contributed by atoms with Crippen molar-refractivity contribution >= 4 is 26.7 Å². The van der Waals surface area contributed by atoms with Crippen LogP contribution in [0.4, 0.5) is 0 Å². The first kappa shape index (κ1) is 9.73. The summed E-state index contributed by atoms with van der Waals surface area (Å²) in [5.74, 6) is 0. The topological polar surface area (TPSA) is 58.0 Å². The zero-order valence-corrected chi connectivity index (χ0v) is 5.28. The summed E-state index contributed by atoms with van der Waals surface area (Å²) in [6.07, 6.45) is 0.750. The molecule has 0 aliphatic rings. The average molecular weight is 166 g/mol. The summed E-state index contributed by atoms with van der Waals surface area (Å²) < 4.78 is -0.0208. The van der Waals surface area contributed by atoms with Crippen LogP contribution in [0.3, 0.4) is 0 Å².